The molecular formula is C15H19ClN6O2S. The minimum Gasteiger partial charge on any atom is -0.358 e. The van der Waals surface area contributed by atoms with Gasteiger partial charge in [-0.2, -0.15) is 5.26 Å². The zero-order chi connectivity index (χ0) is 19.0. The predicted octanol–water partition coefficient (Wildman–Crippen LogP) is 2.37. The lowest BCUT2D eigenvalue weighted by atomic mass is 10.3. The maximum absolute atomic E-state index is 12.7. The smallest absolute Gasteiger partial charge is 0.243 e. The Morgan fingerprint density at radius 2 is 2.36 bits per heavy atom. The topological polar surface area (TPSA) is 122 Å². The first-order valence-corrected chi connectivity index (χ1v) is 9.62. The molecule has 1 heterocycles. The highest BCUT2D eigenvalue weighted by Gasteiger charge is 2.29. The molecule has 2 atom stereocenters. The number of rotatable bonds is 7. The van der Waals surface area contributed by atoms with Crippen LogP contribution in [0.15, 0.2) is 40.8 Å². The average Bonchev–Trinajstić information content (AvgIpc) is 2.57. The number of nitriles is 1. The number of nitrogens with zero attached hydrogens (tertiary/aromatic N) is 4. The molecule has 134 valence electrons. The van der Waals surface area contributed by atoms with E-state index in [1.165, 1.54) is 30.5 Å². The number of nitrogens with one attached hydrogen (secondary N) is 2. The van der Waals surface area contributed by atoms with Crippen molar-refractivity contribution < 1.29 is 9.00 Å². The van der Waals surface area contributed by atoms with Crippen molar-refractivity contribution >= 4 is 38.1 Å². The van der Waals surface area contributed by atoms with Gasteiger partial charge < -0.3 is 10.2 Å². The van der Waals surface area contributed by atoms with Crippen molar-refractivity contribution in [2.24, 2.45) is 4.36 Å². The maximum Gasteiger partial charge on any atom is 0.243 e. The first kappa shape index (κ1) is 20.6. The third-order valence-electron chi connectivity index (χ3n) is 3.36. The lowest BCUT2D eigenvalue weighted by Crippen LogP contribution is -2.41. The SMILES string of the molecule is CCN(C(=O)C(C)S(C)(=O)=NC#N)/C(=C/Nc1cccnc1)C(=N)Cl. The van der Waals surface area contributed by atoms with Crippen molar-refractivity contribution in [3.05, 3.63) is 36.4 Å². The molecule has 0 aliphatic rings. The van der Waals surface area contributed by atoms with Crippen LogP contribution in [0, 0.1) is 16.9 Å². The van der Waals surface area contributed by atoms with Gasteiger partial charge in [-0.05, 0) is 26.0 Å². The molecule has 0 spiro atoms. The van der Waals surface area contributed by atoms with Gasteiger partial charge in [0.15, 0.2) is 0 Å². The normalized spacial score (nSPS) is 14.6. The van der Waals surface area contributed by atoms with Crippen LogP contribution in [0.3, 0.4) is 0 Å². The monoisotopic (exact) mass is 382 g/mol. The predicted molar refractivity (Wildman–Crippen MR) is 98.5 cm³/mol. The largest absolute Gasteiger partial charge is 0.358 e. The highest BCUT2D eigenvalue weighted by Crippen LogP contribution is 2.16. The van der Waals surface area contributed by atoms with Crippen LogP contribution < -0.4 is 5.32 Å². The molecule has 0 aliphatic carbocycles. The quantitative estimate of drug-likeness (QED) is 0.553. The second kappa shape index (κ2) is 9.15. The van der Waals surface area contributed by atoms with Gasteiger partial charge >= 0.3 is 0 Å². The summed E-state index contributed by atoms with van der Waals surface area (Å²) in [6.07, 6.45) is 7.30. The standard InChI is InChI=1S/C15H19ClN6O2S/c1-4-22(15(23)11(2)25(3,24)21-10-17)13(14(16)18)9-20-12-6-5-7-19-8-12/h5-9,11,18,20H,4H2,1-3H3/b13-9+,18-14?. The molecule has 0 radical (unpaired) electrons. The third kappa shape index (κ3) is 5.55. The van der Waals surface area contributed by atoms with Gasteiger partial charge in [-0.3, -0.25) is 15.2 Å². The van der Waals surface area contributed by atoms with Crippen LogP contribution in [0.1, 0.15) is 13.8 Å². The van der Waals surface area contributed by atoms with Gasteiger partial charge in [-0.15, -0.1) is 4.36 Å². The molecule has 0 saturated heterocycles. The molecule has 0 bridgehead atoms. The zero-order valence-electron chi connectivity index (χ0n) is 14.1. The van der Waals surface area contributed by atoms with Crippen LogP contribution in [-0.4, -0.2) is 43.2 Å². The number of carbonyl (C=O) groups excluding carboxylic acids is 1. The number of anilines is 1. The molecule has 0 fully saturated rings. The number of allylic oxidation sites excluding steroid dienone is 1. The van der Waals surface area contributed by atoms with Crippen LogP contribution in [0.2, 0.25) is 0 Å². The lowest BCUT2D eigenvalue weighted by Gasteiger charge is -2.26. The Hall–Kier alpha value is -2.44. The summed E-state index contributed by atoms with van der Waals surface area (Å²) < 4.78 is 15.7. The van der Waals surface area contributed by atoms with E-state index in [4.69, 9.17) is 22.3 Å². The molecule has 1 rings (SSSR count). The van der Waals surface area contributed by atoms with Gasteiger partial charge in [0.25, 0.3) is 0 Å². The molecule has 10 heteroatoms. The summed E-state index contributed by atoms with van der Waals surface area (Å²) in [6, 6.07) is 3.48. The summed E-state index contributed by atoms with van der Waals surface area (Å²) in [7, 11) is -3.04. The summed E-state index contributed by atoms with van der Waals surface area (Å²) in [6.45, 7) is 3.32. The van der Waals surface area contributed by atoms with Gasteiger partial charge in [-0.1, -0.05) is 11.6 Å². The third-order valence-corrected chi connectivity index (χ3v) is 5.51. The highest BCUT2D eigenvalue weighted by molar-refractivity contribution is 7.94. The molecule has 0 saturated carbocycles. The van der Waals surface area contributed by atoms with Crippen LogP contribution in [0.4, 0.5) is 5.69 Å². The van der Waals surface area contributed by atoms with Crippen molar-refractivity contribution in [3.63, 3.8) is 0 Å². The van der Waals surface area contributed by atoms with Crippen LogP contribution in [0.5, 0.6) is 0 Å². The fraction of sp³-hybridized carbons (Fsp3) is 0.333. The number of halogens is 1. The molecule has 8 nitrogen and oxygen atoms in total. The van der Waals surface area contributed by atoms with E-state index >= 15 is 0 Å². The first-order chi connectivity index (χ1) is 11.7. The van der Waals surface area contributed by atoms with Crippen molar-refractivity contribution in [1.29, 1.82) is 10.7 Å². The lowest BCUT2D eigenvalue weighted by molar-refractivity contribution is -0.128. The van der Waals surface area contributed by atoms with E-state index in [1.54, 1.807) is 31.5 Å². The van der Waals surface area contributed by atoms with E-state index in [0.717, 1.165) is 0 Å². The van der Waals surface area contributed by atoms with Gasteiger partial charge in [-0.25, -0.2) is 4.21 Å². The summed E-state index contributed by atoms with van der Waals surface area (Å²) in [5.74, 6) is -0.543. The van der Waals surface area contributed by atoms with Gasteiger partial charge in [0.05, 0.1) is 27.3 Å². The minimum absolute atomic E-state index is 0.108. The Morgan fingerprint density at radius 1 is 1.68 bits per heavy atom. The number of hydrogen-bond acceptors (Lipinski definition) is 7. The van der Waals surface area contributed by atoms with E-state index in [0.29, 0.717) is 5.69 Å². The molecule has 25 heavy (non-hydrogen) atoms. The van der Waals surface area contributed by atoms with Crippen molar-refractivity contribution in [3.8, 4) is 6.19 Å². The number of carbonyl (C=O) groups is 1. The van der Waals surface area contributed by atoms with Gasteiger partial charge in [0.2, 0.25) is 12.1 Å². The van der Waals surface area contributed by atoms with Crippen LogP contribution in [-0.2, 0) is 14.5 Å². The molecule has 0 aromatic carbocycles. The Bertz CT molecular complexity index is 824. The fourth-order valence-electron chi connectivity index (χ4n) is 1.87. The average molecular weight is 383 g/mol. The first-order valence-electron chi connectivity index (χ1n) is 7.26. The molecule has 0 aliphatic heterocycles. The Morgan fingerprint density at radius 3 is 2.84 bits per heavy atom. The summed E-state index contributed by atoms with van der Waals surface area (Å²) in [5, 5.41) is 17.9. The molecule has 1 amide bonds. The second-order valence-electron chi connectivity index (χ2n) is 5.01. The maximum atomic E-state index is 12.7. The molecule has 1 aromatic heterocycles. The number of pyridine rings is 1. The van der Waals surface area contributed by atoms with Gasteiger partial charge in [0, 0.05) is 25.2 Å². The highest BCUT2D eigenvalue weighted by atomic mass is 35.5. The second-order valence-corrected chi connectivity index (χ2v) is 8.00. The van der Waals surface area contributed by atoms with Crippen LogP contribution >= 0.6 is 11.6 Å². The van der Waals surface area contributed by atoms with Crippen molar-refractivity contribution in [2.75, 3.05) is 18.1 Å². The van der Waals surface area contributed by atoms with E-state index in [1.807, 2.05) is 0 Å². The van der Waals surface area contributed by atoms with Crippen molar-refractivity contribution in [2.45, 2.75) is 19.1 Å². The van der Waals surface area contributed by atoms with Gasteiger partial charge in [0.1, 0.15) is 10.4 Å². The van der Waals surface area contributed by atoms with E-state index in [9.17, 15) is 9.00 Å². The molecule has 1 aromatic rings. The summed E-state index contributed by atoms with van der Waals surface area (Å²) in [4.78, 5) is 17.9. The zero-order valence-corrected chi connectivity index (χ0v) is 15.6. The summed E-state index contributed by atoms with van der Waals surface area (Å²) in [5.41, 5.74) is 0.755. The van der Waals surface area contributed by atoms with Crippen LogP contribution in [0.25, 0.3) is 0 Å². The van der Waals surface area contributed by atoms with E-state index < -0.39 is 20.9 Å². The molecular weight excluding hydrogens is 364 g/mol. The van der Waals surface area contributed by atoms with E-state index in [2.05, 4.69) is 14.7 Å². The Kier molecular flexibility index (Phi) is 7.54. The molecule has 2 unspecified atom stereocenters. The minimum atomic E-state index is -3.04. The molecule has 2 N–H and O–H groups in total. The van der Waals surface area contributed by atoms with Crippen molar-refractivity contribution in [1.82, 2.24) is 9.88 Å². The number of hydrogen-bond donors (Lipinski definition) is 2. The number of aromatic nitrogens is 1. The van der Waals surface area contributed by atoms with E-state index in [-0.39, 0.29) is 17.4 Å². The fourth-order valence-corrected chi connectivity index (χ4v) is 2.85. The number of amides is 1. The Balaban J connectivity index is 3.17. The Labute approximate surface area is 152 Å². The summed E-state index contributed by atoms with van der Waals surface area (Å²) >= 11 is 5.83.